The first kappa shape index (κ1) is 26.8. The molecule has 0 unspecified atom stereocenters. The number of aromatic nitrogens is 1. The van der Waals surface area contributed by atoms with Crippen molar-refractivity contribution in [1.82, 2.24) is 14.2 Å². The number of carbonyl (C=O) groups is 1. The van der Waals surface area contributed by atoms with E-state index in [9.17, 15) is 22.7 Å². The van der Waals surface area contributed by atoms with Gasteiger partial charge in [0.15, 0.2) is 0 Å². The van der Waals surface area contributed by atoms with Crippen molar-refractivity contribution in [1.29, 1.82) is 0 Å². The van der Waals surface area contributed by atoms with E-state index < -0.39 is 33.3 Å². The Labute approximate surface area is 235 Å². The Kier molecular flexibility index (Phi) is 6.81. The lowest BCUT2D eigenvalue weighted by atomic mass is 9.68. The molecule has 0 radical (unpaired) electrons. The summed E-state index contributed by atoms with van der Waals surface area (Å²) in [7, 11) is -2.02. The minimum absolute atomic E-state index is 0.282. The van der Waals surface area contributed by atoms with Crippen LogP contribution in [0.4, 0.5) is 14.9 Å². The molecule has 2 aromatic carbocycles. The fourth-order valence-corrected chi connectivity index (χ4v) is 8.63. The Balaban J connectivity index is 1.40. The van der Waals surface area contributed by atoms with Gasteiger partial charge in [-0.3, -0.25) is 0 Å². The van der Waals surface area contributed by atoms with Crippen molar-refractivity contribution in [2.24, 2.45) is 0 Å². The highest BCUT2D eigenvalue weighted by Crippen LogP contribution is 2.49. The number of H-pyrrole nitrogens is 1. The number of rotatable bonds is 5. The van der Waals surface area contributed by atoms with Crippen LogP contribution in [0.15, 0.2) is 64.2 Å². The molecule has 210 valence electrons. The highest BCUT2D eigenvalue weighted by atomic mass is 32.2. The number of anilines is 1. The van der Waals surface area contributed by atoms with Crippen molar-refractivity contribution in [2.75, 3.05) is 38.7 Å². The number of hydrogen-bond donors (Lipinski definition) is 3. The second kappa shape index (κ2) is 10.2. The summed E-state index contributed by atoms with van der Waals surface area (Å²) in [5.41, 5.74) is 2.41. The molecule has 6 rings (SSSR count). The molecule has 2 amide bonds. The van der Waals surface area contributed by atoms with Gasteiger partial charge in [0, 0.05) is 53.4 Å². The van der Waals surface area contributed by atoms with E-state index in [-0.39, 0.29) is 13.2 Å². The molecule has 1 fully saturated rings. The largest absolute Gasteiger partial charge is 0.497 e. The van der Waals surface area contributed by atoms with Gasteiger partial charge in [0.2, 0.25) is 0 Å². The summed E-state index contributed by atoms with van der Waals surface area (Å²) in [6.07, 6.45) is 0.976. The Bertz CT molecular complexity index is 1650. The van der Waals surface area contributed by atoms with Crippen LogP contribution in [-0.4, -0.2) is 67.1 Å². The molecule has 0 saturated carbocycles. The van der Waals surface area contributed by atoms with Crippen molar-refractivity contribution < 1.29 is 27.4 Å². The van der Waals surface area contributed by atoms with Crippen molar-refractivity contribution >= 4 is 44.0 Å². The smallest absolute Gasteiger partial charge is 0.322 e. The summed E-state index contributed by atoms with van der Waals surface area (Å²) in [4.78, 5) is 18.7. The number of aliphatic hydroxyl groups is 1. The maximum absolute atomic E-state index is 13.6. The number of thiophene rings is 1. The number of hydrogen-bond acceptors (Lipinski definition) is 6. The number of fused-ring (bicyclic) bond motifs is 4. The summed E-state index contributed by atoms with van der Waals surface area (Å²) in [5, 5.41) is 16.1. The van der Waals surface area contributed by atoms with Gasteiger partial charge >= 0.3 is 6.03 Å². The van der Waals surface area contributed by atoms with Crippen molar-refractivity contribution in [3.8, 4) is 5.75 Å². The zero-order valence-electron chi connectivity index (χ0n) is 21.8. The highest BCUT2D eigenvalue weighted by molar-refractivity contribution is 7.91. The first-order chi connectivity index (χ1) is 19.3. The van der Waals surface area contributed by atoms with Gasteiger partial charge < -0.3 is 25.0 Å². The van der Waals surface area contributed by atoms with Gasteiger partial charge in [-0.15, -0.1) is 11.3 Å². The second-order valence-corrected chi connectivity index (χ2v) is 13.3. The van der Waals surface area contributed by atoms with Gasteiger partial charge in [0.25, 0.3) is 10.0 Å². The topological polar surface area (TPSA) is 115 Å². The van der Waals surface area contributed by atoms with Gasteiger partial charge in [-0.1, -0.05) is 6.07 Å². The molecular weight excluding hydrogens is 555 g/mol. The minimum atomic E-state index is -3.62. The number of aliphatic hydroxyl groups excluding tert-OH is 1. The fraction of sp³-hybridized carbons (Fsp3) is 0.321. The SMILES string of the molecule is COc1ccc2c3c([nH]c2c1)[C@H](CO)N(C(=O)Nc1ccc(F)cc1)CC31CCN(S(=O)(=O)c2cccs2)CC1. The summed E-state index contributed by atoms with van der Waals surface area (Å²) in [6.45, 7) is 0.548. The van der Waals surface area contributed by atoms with Crippen LogP contribution in [0, 0.1) is 5.82 Å². The van der Waals surface area contributed by atoms with Crippen molar-refractivity contribution in [3.63, 3.8) is 0 Å². The summed E-state index contributed by atoms with van der Waals surface area (Å²) >= 11 is 1.20. The molecule has 40 heavy (non-hydrogen) atoms. The normalized spacial score (nSPS) is 19.1. The van der Waals surface area contributed by atoms with Crippen LogP contribution >= 0.6 is 11.3 Å². The predicted octanol–water partition coefficient (Wildman–Crippen LogP) is 4.68. The molecule has 3 N–H and O–H groups in total. The molecule has 12 heteroatoms. The molecule has 1 atom stereocenters. The van der Waals surface area contributed by atoms with Gasteiger partial charge in [0.05, 0.1) is 19.8 Å². The third-order valence-electron chi connectivity index (χ3n) is 8.05. The molecule has 2 aliphatic heterocycles. The number of nitrogens with one attached hydrogen (secondary N) is 2. The molecule has 1 saturated heterocycles. The maximum atomic E-state index is 13.6. The lowest BCUT2D eigenvalue weighted by Crippen LogP contribution is -2.56. The van der Waals surface area contributed by atoms with Gasteiger partial charge in [0.1, 0.15) is 15.8 Å². The molecule has 9 nitrogen and oxygen atoms in total. The Morgan fingerprint density at radius 2 is 1.95 bits per heavy atom. The first-order valence-electron chi connectivity index (χ1n) is 12.9. The quantitative estimate of drug-likeness (QED) is 0.315. The minimum Gasteiger partial charge on any atom is -0.497 e. The van der Waals surface area contributed by atoms with E-state index >= 15 is 0 Å². The molecule has 0 aliphatic carbocycles. The Morgan fingerprint density at radius 3 is 2.60 bits per heavy atom. The van der Waals surface area contributed by atoms with Crippen LogP contribution in [-0.2, 0) is 15.4 Å². The van der Waals surface area contributed by atoms with Crippen LogP contribution in [0.5, 0.6) is 5.75 Å². The number of halogens is 1. The monoisotopic (exact) mass is 584 g/mol. The number of piperidine rings is 1. The van der Waals surface area contributed by atoms with Crippen molar-refractivity contribution in [3.05, 3.63) is 77.1 Å². The molecule has 4 aromatic rings. The summed E-state index contributed by atoms with van der Waals surface area (Å²) in [6, 6.07) is 13.5. The lowest BCUT2D eigenvalue weighted by Gasteiger charge is -2.49. The molecule has 0 bridgehead atoms. The number of ether oxygens (including phenoxy) is 1. The van der Waals surface area contributed by atoms with E-state index in [0.29, 0.717) is 41.6 Å². The van der Waals surface area contributed by atoms with Crippen LogP contribution < -0.4 is 10.1 Å². The molecular formula is C28H29FN4O5S2. The van der Waals surface area contributed by atoms with E-state index in [1.54, 1.807) is 29.5 Å². The van der Waals surface area contributed by atoms with E-state index in [2.05, 4.69) is 10.3 Å². The highest BCUT2D eigenvalue weighted by Gasteiger charge is 2.50. The van der Waals surface area contributed by atoms with E-state index in [0.717, 1.165) is 22.2 Å². The molecule has 2 aromatic heterocycles. The number of aromatic amines is 1. The third-order valence-corrected chi connectivity index (χ3v) is 11.3. The zero-order chi connectivity index (χ0) is 28.1. The third kappa shape index (κ3) is 4.44. The van der Waals surface area contributed by atoms with Gasteiger partial charge in [-0.25, -0.2) is 17.6 Å². The number of benzene rings is 2. The van der Waals surface area contributed by atoms with E-state index in [1.165, 1.54) is 39.9 Å². The molecule has 4 heterocycles. The predicted molar refractivity (Wildman–Crippen MR) is 151 cm³/mol. The molecule has 1 spiro atoms. The second-order valence-electron chi connectivity index (χ2n) is 10.2. The number of amides is 2. The van der Waals surface area contributed by atoms with Crippen molar-refractivity contribution in [2.45, 2.75) is 28.5 Å². The Hall–Kier alpha value is -3.45. The number of nitrogens with zero attached hydrogens (tertiary/aromatic N) is 2. The standard InChI is InChI=1S/C28H29FN4O5S2/c1-38-20-8-9-21-22(15-20)31-26-23(16-34)33(27(35)30-19-6-4-18(29)5-7-19)17-28(25(21)26)10-12-32(13-11-28)40(36,37)24-3-2-14-39-24/h2-9,14-15,23,31,34H,10-13,16-17H2,1H3,(H,30,35)/t23-/m0/s1. The van der Waals surface area contributed by atoms with Crippen LogP contribution in [0.2, 0.25) is 0 Å². The number of urea groups is 1. The van der Waals surface area contributed by atoms with Crippen LogP contribution in [0.1, 0.15) is 30.1 Å². The van der Waals surface area contributed by atoms with Crippen LogP contribution in [0.3, 0.4) is 0 Å². The number of methoxy groups -OCH3 is 1. The maximum Gasteiger partial charge on any atom is 0.322 e. The van der Waals surface area contributed by atoms with Gasteiger partial charge in [-0.05, 0) is 66.2 Å². The van der Waals surface area contributed by atoms with Crippen LogP contribution in [0.25, 0.3) is 10.9 Å². The van der Waals surface area contributed by atoms with E-state index in [4.69, 9.17) is 4.74 Å². The average molecular weight is 585 g/mol. The number of sulfonamides is 1. The Morgan fingerprint density at radius 1 is 1.20 bits per heavy atom. The van der Waals surface area contributed by atoms with E-state index in [1.807, 2.05) is 18.2 Å². The lowest BCUT2D eigenvalue weighted by molar-refractivity contribution is 0.0860. The fourth-order valence-electron chi connectivity index (χ4n) is 6.05. The zero-order valence-corrected chi connectivity index (χ0v) is 23.4. The summed E-state index contributed by atoms with van der Waals surface area (Å²) in [5.74, 6) is 0.258. The average Bonchev–Trinajstić information content (AvgIpc) is 3.64. The molecule has 2 aliphatic rings. The van der Waals surface area contributed by atoms with Gasteiger partial charge in [-0.2, -0.15) is 4.31 Å². The summed E-state index contributed by atoms with van der Waals surface area (Å²) < 4.78 is 47.3. The number of carbonyl (C=O) groups excluding carboxylic acids is 1. The first-order valence-corrected chi connectivity index (χ1v) is 15.3.